The van der Waals surface area contributed by atoms with E-state index in [4.69, 9.17) is 0 Å². The van der Waals surface area contributed by atoms with Gasteiger partial charge in [-0.15, -0.1) is 0 Å². The quantitative estimate of drug-likeness (QED) is 0.611. The Kier molecular flexibility index (Phi) is 6.28. The van der Waals surface area contributed by atoms with Crippen molar-refractivity contribution in [2.45, 2.75) is 38.8 Å². The second-order valence-electron chi connectivity index (χ2n) is 6.61. The van der Waals surface area contributed by atoms with E-state index in [0.29, 0.717) is 12.1 Å². The van der Waals surface area contributed by atoms with E-state index in [9.17, 15) is 20.0 Å². The summed E-state index contributed by atoms with van der Waals surface area (Å²) in [6, 6.07) is 6.24. The SMILES string of the molecule is CC(C)NC(=O)C1CCN(CC(O)c2cccc([N+](=O)[O-])c2)CC1. The fourth-order valence-corrected chi connectivity index (χ4v) is 2.98. The zero-order valence-electron chi connectivity index (χ0n) is 14.1. The molecule has 2 rings (SSSR count). The van der Waals surface area contributed by atoms with E-state index >= 15 is 0 Å². The number of hydrogen-bond donors (Lipinski definition) is 2. The van der Waals surface area contributed by atoms with Crippen LogP contribution in [0.2, 0.25) is 0 Å². The molecule has 1 heterocycles. The number of likely N-dealkylation sites (tertiary alicyclic amines) is 1. The third-order valence-electron chi connectivity index (χ3n) is 4.29. The van der Waals surface area contributed by atoms with Gasteiger partial charge in [-0.1, -0.05) is 12.1 Å². The molecule has 132 valence electrons. The molecule has 24 heavy (non-hydrogen) atoms. The van der Waals surface area contributed by atoms with Crippen LogP contribution in [0.4, 0.5) is 5.69 Å². The summed E-state index contributed by atoms with van der Waals surface area (Å²) >= 11 is 0. The zero-order valence-corrected chi connectivity index (χ0v) is 14.1. The minimum Gasteiger partial charge on any atom is -0.387 e. The number of hydrogen-bond acceptors (Lipinski definition) is 5. The number of nitro benzene ring substituents is 1. The summed E-state index contributed by atoms with van der Waals surface area (Å²) in [6.45, 7) is 5.79. The van der Waals surface area contributed by atoms with Crippen LogP contribution in [-0.2, 0) is 4.79 Å². The predicted octanol–water partition coefficient (Wildman–Crippen LogP) is 1.86. The fourth-order valence-electron chi connectivity index (χ4n) is 2.98. The summed E-state index contributed by atoms with van der Waals surface area (Å²) in [7, 11) is 0. The summed E-state index contributed by atoms with van der Waals surface area (Å²) in [5, 5.41) is 24.1. The second-order valence-corrected chi connectivity index (χ2v) is 6.61. The van der Waals surface area contributed by atoms with Gasteiger partial charge in [0.15, 0.2) is 0 Å². The number of nitro groups is 1. The molecule has 0 bridgehead atoms. The van der Waals surface area contributed by atoms with Crippen molar-refractivity contribution in [3.8, 4) is 0 Å². The number of benzene rings is 1. The van der Waals surface area contributed by atoms with Gasteiger partial charge in [0, 0.05) is 30.6 Å². The Morgan fingerprint density at radius 3 is 2.67 bits per heavy atom. The van der Waals surface area contributed by atoms with Crippen molar-refractivity contribution < 1.29 is 14.8 Å². The van der Waals surface area contributed by atoms with Gasteiger partial charge in [-0.25, -0.2) is 0 Å². The molecule has 1 unspecified atom stereocenters. The Balaban J connectivity index is 1.86. The number of nitrogens with one attached hydrogen (secondary N) is 1. The van der Waals surface area contributed by atoms with Crippen LogP contribution in [0.15, 0.2) is 24.3 Å². The Morgan fingerprint density at radius 2 is 2.08 bits per heavy atom. The lowest BCUT2D eigenvalue weighted by molar-refractivity contribution is -0.385. The maximum absolute atomic E-state index is 12.0. The Hall–Kier alpha value is -1.99. The van der Waals surface area contributed by atoms with Gasteiger partial charge in [0.25, 0.3) is 5.69 Å². The van der Waals surface area contributed by atoms with Crippen molar-refractivity contribution in [3.63, 3.8) is 0 Å². The van der Waals surface area contributed by atoms with Crippen molar-refractivity contribution >= 4 is 11.6 Å². The maximum atomic E-state index is 12.0. The molecule has 0 aromatic heterocycles. The first-order chi connectivity index (χ1) is 11.4. The molecule has 0 spiro atoms. The van der Waals surface area contributed by atoms with E-state index < -0.39 is 11.0 Å². The summed E-state index contributed by atoms with van der Waals surface area (Å²) in [5.41, 5.74) is 0.527. The van der Waals surface area contributed by atoms with Crippen LogP contribution in [0, 0.1) is 16.0 Å². The number of piperidine rings is 1. The van der Waals surface area contributed by atoms with Crippen molar-refractivity contribution in [2.24, 2.45) is 5.92 Å². The second kappa shape index (κ2) is 8.21. The third kappa shape index (κ3) is 5.01. The molecule has 1 amide bonds. The number of aliphatic hydroxyl groups is 1. The highest BCUT2D eigenvalue weighted by atomic mass is 16.6. The zero-order chi connectivity index (χ0) is 17.7. The normalized spacial score (nSPS) is 17.7. The van der Waals surface area contributed by atoms with Gasteiger partial charge < -0.3 is 15.3 Å². The van der Waals surface area contributed by atoms with E-state index in [1.54, 1.807) is 12.1 Å². The smallest absolute Gasteiger partial charge is 0.269 e. The average molecular weight is 335 g/mol. The van der Waals surface area contributed by atoms with Crippen molar-refractivity contribution in [1.29, 1.82) is 0 Å². The summed E-state index contributed by atoms with van der Waals surface area (Å²) in [4.78, 5) is 24.5. The number of aliphatic hydroxyl groups excluding tert-OH is 1. The van der Waals surface area contributed by atoms with Crippen LogP contribution in [-0.4, -0.2) is 46.5 Å². The topological polar surface area (TPSA) is 95.7 Å². The van der Waals surface area contributed by atoms with E-state index in [2.05, 4.69) is 10.2 Å². The Morgan fingerprint density at radius 1 is 1.42 bits per heavy atom. The molecular weight excluding hydrogens is 310 g/mol. The molecule has 1 aliphatic heterocycles. The minimum atomic E-state index is -0.772. The Labute approximate surface area is 141 Å². The van der Waals surface area contributed by atoms with E-state index in [1.807, 2.05) is 13.8 Å². The van der Waals surface area contributed by atoms with Crippen molar-refractivity contribution in [1.82, 2.24) is 10.2 Å². The first-order valence-electron chi connectivity index (χ1n) is 8.32. The van der Waals surface area contributed by atoms with E-state index in [0.717, 1.165) is 25.9 Å². The van der Waals surface area contributed by atoms with E-state index in [-0.39, 0.29) is 23.6 Å². The highest BCUT2D eigenvalue weighted by molar-refractivity contribution is 5.78. The number of non-ortho nitro benzene ring substituents is 1. The molecule has 1 saturated heterocycles. The van der Waals surface area contributed by atoms with Gasteiger partial charge in [0.2, 0.25) is 5.91 Å². The number of carbonyl (C=O) groups is 1. The first kappa shape index (κ1) is 18.4. The maximum Gasteiger partial charge on any atom is 0.269 e. The molecular formula is C17H25N3O4. The van der Waals surface area contributed by atoms with Gasteiger partial charge >= 0.3 is 0 Å². The highest BCUT2D eigenvalue weighted by Gasteiger charge is 2.26. The molecule has 0 saturated carbocycles. The molecule has 0 radical (unpaired) electrons. The van der Waals surface area contributed by atoms with Gasteiger partial charge in [-0.2, -0.15) is 0 Å². The number of carbonyl (C=O) groups excluding carboxylic acids is 1. The van der Waals surface area contributed by atoms with Crippen LogP contribution in [0.3, 0.4) is 0 Å². The van der Waals surface area contributed by atoms with Gasteiger partial charge in [0.05, 0.1) is 11.0 Å². The van der Waals surface area contributed by atoms with E-state index in [1.165, 1.54) is 12.1 Å². The Bertz CT molecular complexity index is 583. The summed E-state index contributed by atoms with van der Waals surface area (Å²) < 4.78 is 0. The highest BCUT2D eigenvalue weighted by Crippen LogP contribution is 2.23. The predicted molar refractivity (Wildman–Crippen MR) is 90.5 cm³/mol. The number of amides is 1. The number of nitrogens with zero attached hydrogens (tertiary/aromatic N) is 2. The molecule has 1 atom stereocenters. The van der Waals surface area contributed by atoms with Gasteiger partial charge in [0.1, 0.15) is 0 Å². The van der Waals surface area contributed by atoms with Gasteiger partial charge in [-0.05, 0) is 45.3 Å². The third-order valence-corrected chi connectivity index (χ3v) is 4.29. The molecule has 1 aliphatic rings. The molecule has 1 aromatic carbocycles. The monoisotopic (exact) mass is 335 g/mol. The molecule has 2 N–H and O–H groups in total. The molecule has 7 nitrogen and oxygen atoms in total. The summed E-state index contributed by atoms with van der Waals surface area (Å²) in [5.74, 6) is 0.127. The minimum absolute atomic E-state index is 0.0179. The van der Waals surface area contributed by atoms with Crippen LogP contribution in [0.1, 0.15) is 38.4 Å². The molecule has 1 aromatic rings. The van der Waals surface area contributed by atoms with Crippen molar-refractivity contribution in [3.05, 3.63) is 39.9 Å². The van der Waals surface area contributed by atoms with Crippen molar-refractivity contribution in [2.75, 3.05) is 19.6 Å². The molecule has 0 aliphatic carbocycles. The van der Waals surface area contributed by atoms with Crippen LogP contribution in [0.5, 0.6) is 0 Å². The first-order valence-corrected chi connectivity index (χ1v) is 8.32. The molecule has 1 fully saturated rings. The summed E-state index contributed by atoms with van der Waals surface area (Å²) in [6.07, 6.45) is 0.756. The van der Waals surface area contributed by atoms with Gasteiger partial charge in [-0.3, -0.25) is 14.9 Å². The average Bonchev–Trinajstić information content (AvgIpc) is 2.55. The van der Waals surface area contributed by atoms with Crippen LogP contribution in [0.25, 0.3) is 0 Å². The lowest BCUT2D eigenvalue weighted by Gasteiger charge is -2.32. The standard InChI is InChI=1S/C17H25N3O4/c1-12(2)18-17(22)13-6-8-19(9-7-13)11-16(21)14-4-3-5-15(10-14)20(23)24/h3-5,10,12-13,16,21H,6-9,11H2,1-2H3,(H,18,22). The van der Waals surface area contributed by atoms with Crippen LogP contribution < -0.4 is 5.32 Å². The number of rotatable bonds is 6. The lowest BCUT2D eigenvalue weighted by Crippen LogP contribution is -2.43. The largest absolute Gasteiger partial charge is 0.387 e. The van der Waals surface area contributed by atoms with Crippen LogP contribution >= 0.6 is 0 Å². The lowest BCUT2D eigenvalue weighted by atomic mass is 9.95. The molecule has 7 heteroatoms. The fraction of sp³-hybridized carbons (Fsp3) is 0.588. The number of β-amino-alcohol motifs (C(OH)–C–C–N with tert-alkyl or cyclic N) is 1.